The summed E-state index contributed by atoms with van der Waals surface area (Å²) in [6, 6.07) is 16.9. The van der Waals surface area contributed by atoms with Crippen LogP contribution in [0.3, 0.4) is 0 Å². The first-order chi connectivity index (χ1) is 13.7. The molecular weight excluding hydrogens is 372 g/mol. The number of nitrogens with one attached hydrogen (secondary N) is 1. The average molecular weight is 390 g/mol. The Kier molecular flexibility index (Phi) is 4.37. The third kappa shape index (κ3) is 3.80. The van der Waals surface area contributed by atoms with E-state index in [-0.39, 0.29) is 12.3 Å². The zero-order valence-electron chi connectivity index (χ0n) is 15.1. The molecule has 1 saturated carbocycles. The lowest BCUT2D eigenvalue weighted by atomic mass is 10.1. The first-order valence-corrected chi connectivity index (χ1v) is 10.1. The summed E-state index contributed by atoms with van der Waals surface area (Å²) in [6.45, 7) is 0. The van der Waals surface area contributed by atoms with Gasteiger partial charge in [0.25, 0.3) is 0 Å². The van der Waals surface area contributed by atoms with Crippen LogP contribution in [0.15, 0.2) is 52.9 Å². The van der Waals surface area contributed by atoms with E-state index in [0.29, 0.717) is 24.2 Å². The van der Waals surface area contributed by atoms with Gasteiger partial charge in [0.05, 0.1) is 16.6 Å². The number of amides is 1. The van der Waals surface area contributed by atoms with Crippen LogP contribution in [0, 0.1) is 0 Å². The molecule has 2 aromatic heterocycles. The third-order valence-electron chi connectivity index (χ3n) is 4.61. The predicted molar refractivity (Wildman–Crippen MR) is 107 cm³/mol. The van der Waals surface area contributed by atoms with E-state index < -0.39 is 0 Å². The molecule has 1 aliphatic carbocycles. The van der Waals surface area contributed by atoms with Crippen molar-refractivity contribution < 1.29 is 9.21 Å². The number of fused-ring (bicyclic) bond motifs is 1. The van der Waals surface area contributed by atoms with Crippen molar-refractivity contribution in [2.24, 2.45) is 0 Å². The molecule has 2 aromatic carbocycles. The smallest absolute Gasteiger partial charge is 0.229 e. The van der Waals surface area contributed by atoms with E-state index >= 15 is 0 Å². The van der Waals surface area contributed by atoms with Gasteiger partial charge in [0.15, 0.2) is 0 Å². The predicted octanol–water partition coefficient (Wildman–Crippen LogP) is 3.76. The minimum absolute atomic E-state index is 0.0638. The molecule has 0 spiro atoms. The lowest BCUT2D eigenvalue weighted by molar-refractivity contribution is -0.120. The fourth-order valence-corrected chi connectivity index (χ4v) is 4.06. The van der Waals surface area contributed by atoms with Crippen LogP contribution in [0.25, 0.3) is 21.3 Å². The molecular formula is C21H18N4O2S. The molecule has 140 valence electrons. The third-order valence-corrected chi connectivity index (χ3v) is 5.62. The number of hydrogen-bond donors (Lipinski definition) is 1. The SMILES string of the molecule is O=C(Cc1nnc(Cc2nc3ccc(-c4ccccc4)cc3s2)o1)NC1CC1. The summed E-state index contributed by atoms with van der Waals surface area (Å²) in [5.41, 5.74) is 3.32. The van der Waals surface area contributed by atoms with Gasteiger partial charge in [0.2, 0.25) is 17.7 Å². The standard InChI is InChI=1S/C21H18N4O2S/c26-18(22-15-7-8-15)11-19-24-25-20(27-19)12-21-23-16-9-6-14(10-17(16)28-21)13-4-2-1-3-5-13/h1-6,9-10,15H,7-8,11-12H2,(H,22,26). The molecule has 4 aromatic rings. The highest BCUT2D eigenvalue weighted by atomic mass is 32.1. The number of carbonyl (C=O) groups excluding carboxylic acids is 1. The van der Waals surface area contributed by atoms with Crippen LogP contribution in [-0.4, -0.2) is 27.1 Å². The van der Waals surface area contributed by atoms with Crippen LogP contribution < -0.4 is 5.32 Å². The summed E-state index contributed by atoms with van der Waals surface area (Å²) >= 11 is 1.62. The van der Waals surface area contributed by atoms with Gasteiger partial charge in [-0.05, 0) is 36.1 Å². The van der Waals surface area contributed by atoms with Crippen LogP contribution in [0.5, 0.6) is 0 Å². The molecule has 5 rings (SSSR count). The van der Waals surface area contributed by atoms with E-state index in [1.54, 1.807) is 11.3 Å². The Morgan fingerprint density at radius 2 is 1.89 bits per heavy atom. The Balaban J connectivity index is 1.30. The quantitative estimate of drug-likeness (QED) is 0.542. The van der Waals surface area contributed by atoms with Gasteiger partial charge in [0, 0.05) is 6.04 Å². The number of hydrogen-bond acceptors (Lipinski definition) is 6. The zero-order valence-corrected chi connectivity index (χ0v) is 15.9. The highest BCUT2D eigenvalue weighted by molar-refractivity contribution is 7.18. The van der Waals surface area contributed by atoms with Crippen LogP contribution in [0.1, 0.15) is 29.6 Å². The molecule has 1 N–H and O–H groups in total. The summed E-state index contributed by atoms with van der Waals surface area (Å²) in [5.74, 6) is 0.767. The maximum absolute atomic E-state index is 11.8. The first-order valence-electron chi connectivity index (χ1n) is 9.28. The Hall–Kier alpha value is -3.06. The largest absolute Gasteiger partial charge is 0.424 e. The van der Waals surface area contributed by atoms with Crippen molar-refractivity contribution in [3.8, 4) is 11.1 Å². The number of carbonyl (C=O) groups is 1. The molecule has 1 fully saturated rings. The van der Waals surface area contributed by atoms with Crippen LogP contribution in [0.4, 0.5) is 0 Å². The first kappa shape index (κ1) is 17.1. The summed E-state index contributed by atoms with van der Waals surface area (Å²) in [5, 5.41) is 11.9. The molecule has 1 amide bonds. The van der Waals surface area contributed by atoms with Gasteiger partial charge in [-0.25, -0.2) is 4.98 Å². The van der Waals surface area contributed by atoms with Crippen molar-refractivity contribution in [2.75, 3.05) is 0 Å². The van der Waals surface area contributed by atoms with Crippen molar-refractivity contribution in [1.29, 1.82) is 0 Å². The maximum Gasteiger partial charge on any atom is 0.229 e. The highest BCUT2D eigenvalue weighted by Gasteiger charge is 2.24. The second kappa shape index (κ2) is 7.16. The monoisotopic (exact) mass is 390 g/mol. The Morgan fingerprint density at radius 3 is 2.71 bits per heavy atom. The minimum Gasteiger partial charge on any atom is -0.424 e. The molecule has 7 heteroatoms. The molecule has 0 aliphatic heterocycles. The van der Waals surface area contributed by atoms with Crippen molar-refractivity contribution in [2.45, 2.75) is 31.7 Å². The topological polar surface area (TPSA) is 80.9 Å². The van der Waals surface area contributed by atoms with Gasteiger partial charge in [-0.2, -0.15) is 0 Å². The van der Waals surface area contributed by atoms with Gasteiger partial charge in [-0.3, -0.25) is 4.79 Å². The molecule has 0 radical (unpaired) electrons. The fourth-order valence-electron chi connectivity index (χ4n) is 3.06. The lowest BCUT2D eigenvalue weighted by Gasteiger charge is -2.00. The van der Waals surface area contributed by atoms with Gasteiger partial charge in [-0.1, -0.05) is 36.4 Å². The molecule has 0 saturated heterocycles. The van der Waals surface area contributed by atoms with Gasteiger partial charge in [0.1, 0.15) is 11.4 Å². The van der Waals surface area contributed by atoms with Crippen molar-refractivity contribution in [1.82, 2.24) is 20.5 Å². The van der Waals surface area contributed by atoms with E-state index in [1.165, 1.54) is 11.1 Å². The van der Waals surface area contributed by atoms with E-state index in [2.05, 4.69) is 44.8 Å². The van der Waals surface area contributed by atoms with Gasteiger partial charge >= 0.3 is 0 Å². The molecule has 0 bridgehead atoms. The van der Waals surface area contributed by atoms with E-state index in [9.17, 15) is 4.79 Å². The fraction of sp³-hybridized carbons (Fsp3) is 0.238. The van der Waals surface area contributed by atoms with Crippen LogP contribution in [-0.2, 0) is 17.6 Å². The van der Waals surface area contributed by atoms with Crippen LogP contribution >= 0.6 is 11.3 Å². The van der Waals surface area contributed by atoms with E-state index in [1.807, 2.05) is 24.3 Å². The van der Waals surface area contributed by atoms with Crippen LogP contribution in [0.2, 0.25) is 0 Å². The number of benzene rings is 2. The Labute approximate surface area is 165 Å². The number of nitrogens with zero attached hydrogens (tertiary/aromatic N) is 3. The second-order valence-electron chi connectivity index (χ2n) is 6.94. The lowest BCUT2D eigenvalue weighted by Crippen LogP contribution is -2.27. The molecule has 2 heterocycles. The van der Waals surface area contributed by atoms with Crippen molar-refractivity contribution >= 4 is 27.5 Å². The summed E-state index contributed by atoms with van der Waals surface area (Å²) in [4.78, 5) is 16.5. The normalized spacial score (nSPS) is 13.7. The second-order valence-corrected chi connectivity index (χ2v) is 8.06. The molecule has 1 aliphatic rings. The number of rotatable bonds is 6. The maximum atomic E-state index is 11.8. The zero-order chi connectivity index (χ0) is 18.9. The average Bonchev–Trinajstić information content (AvgIpc) is 3.25. The molecule has 0 unspecified atom stereocenters. The van der Waals surface area contributed by atoms with E-state index in [4.69, 9.17) is 4.42 Å². The summed E-state index contributed by atoms with van der Waals surface area (Å²) in [6.07, 6.45) is 2.72. The number of aromatic nitrogens is 3. The van der Waals surface area contributed by atoms with E-state index in [0.717, 1.165) is 28.1 Å². The highest BCUT2D eigenvalue weighted by Crippen LogP contribution is 2.29. The summed E-state index contributed by atoms with van der Waals surface area (Å²) < 4.78 is 6.76. The molecule has 28 heavy (non-hydrogen) atoms. The Morgan fingerprint density at radius 1 is 1.07 bits per heavy atom. The Bertz CT molecular complexity index is 1130. The number of thiazole rings is 1. The summed E-state index contributed by atoms with van der Waals surface area (Å²) in [7, 11) is 0. The van der Waals surface area contributed by atoms with Gasteiger partial charge in [-0.15, -0.1) is 21.5 Å². The van der Waals surface area contributed by atoms with Crippen molar-refractivity contribution in [3.05, 3.63) is 65.3 Å². The molecule has 6 nitrogen and oxygen atoms in total. The van der Waals surface area contributed by atoms with Crippen molar-refractivity contribution in [3.63, 3.8) is 0 Å². The minimum atomic E-state index is -0.0638. The van der Waals surface area contributed by atoms with Gasteiger partial charge < -0.3 is 9.73 Å². The molecule has 0 atom stereocenters.